The predicted molar refractivity (Wildman–Crippen MR) is 86.4 cm³/mol. The zero-order chi connectivity index (χ0) is 15.0. The van der Waals surface area contributed by atoms with E-state index in [1.54, 1.807) is 0 Å². The summed E-state index contributed by atoms with van der Waals surface area (Å²) in [7, 11) is 0. The lowest BCUT2D eigenvalue weighted by Crippen LogP contribution is -2.01. The molecule has 0 atom stereocenters. The molecule has 0 fully saturated rings. The van der Waals surface area contributed by atoms with Crippen molar-refractivity contribution in [1.29, 1.82) is 0 Å². The third-order valence-corrected chi connectivity index (χ3v) is 3.76. The Labute approximate surface area is 123 Å². The predicted octanol–water partition coefficient (Wildman–Crippen LogP) is 3.91. The molecule has 0 unspecified atom stereocenters. The van der Waals surface area contributed by atoms with E-state index < -0.39 is 0 Å². The molecule has 0 saturated carbocycles. The van der Waals surface area contributed by atoms with Crippen molar-refractivity contribution >= 4 is 16.7 Å². The molecule has 1 heterocycles. The second kappa shape index (κ2) is 5.09. The van der Waals surface area contributed by atoms with Gasteiger partial charge in [0, 0.05) is 17.3 Å². The Morgan fingerprint density at radius 1 is 1.10 bits per heavy atom. The summed E-state index contributed by atoms with van der Waals surface area (Å²) < 4.78 is 5.87. The van der Waals surface area contributed by atoms with Gasteiger partial charge in [-0.25, -0.2) is 0 Å². The van der Waals surface area contributed by atoms with Crippen LogP contribution in [0, 0.1) is 6.92 Å². The highest BCUT2D eigenvalue weighted by atomic mass is 16.3. The Hall–Kier alpha value is -2.55. The molecule has 0 aliphatic carbocycles. The molecule has 0 spiro atoms. The van der Waals surface area contributed by atoms with Gasteiger partial charge in [0.05, 0.1) is 5.39 Å². The van der Waals surface area contributed by atoms with Crippen LogP contribution in [-0.4, -0.2) is 0 Å². The minimum absolute atomic E-state index is 0.0271. The van der Waals surface area contributed by atoms with E-state index in [1.165, 1.54) is 6.07 Å². The van der Waals surface area contributed by atoms with Gasteiger partial charge in [-0.05, 0) is 42.7 Å². The van der Waals surface area contributed by atoms with Gasteiger partial charge in [-0.3, -0.25) is 4.79 Å². The number of nitrogen functional groups attached to an aromatic ring is 1. The summed E-state index contributed by atoms with van der Waals surface area (Å²) >= 11 is 0. The molecule has 2 aromatic carbocycles. The molecule has 0 radical (unpaired) electrons. The third-order valence-electron chi connectivity index (χ3n) is 3.76. The third kappa shape index (κ3) is 2.42. The first-order valence-electron chi connectivity index (χ1n) is 7.02. The summed E-state index contributed by atoms with van der Waals surface area (Å²) in [5.41, 5.74) is 10.1. The molecule has 0 aliphatic heterocycles. The standard InChI is InChI=1S/C18H17NO2/c1-3-12-5-7-17-14(8-12)16(20)10-18(21-17)13-6-4-11(2)15(19)9-13/h4-10H,3,19H2,1-2H3. The fourth-order valence-electron chi connectivity index (χ4n) is 2.36. The normalized spacial score (nSPS) is 11.0. The lowest BCUT2D eigenvalue weighted by Gasteiger charge is -2.06. The van der Waals surface area contributed by atoms with E-state index in [2.05, 4.69) is 6.92 Å². The smallest absolute Gasteiger partial charge is 0.193 e. The summed E-state index contributed by atoms with van der Waals surface area (Å²) in [5.74, 6) is 0.545. The number of aryl methyl sites for hydroxylation is 2. The highest BCUT2D eigenvalue weighted by Gasteiger charge is 2.08. The van der Waals surface area contributed by atoms with Gasteiger partial charge in [0.25, 0.3) is 0 Å². The fraction of sp³-hybridized carbons (Fsp3) is 0.167. The van der Waals surface area contributed by atoms with Crippen molar-refractivity contribution in [2.45, 2.75) is 20.3 Å². The molecule has 1 aromatic heterocycles. The van der Waals surface area contributed by atoms with Gasteiger partial charge < -0.3 is 10.2 Å². The first-order valence-corrected chi connectivity index (χ1v) is 7.02. The van der Waals surface area contributed by atoms with Crippen LogP contribution in [0.4, 0.5) is 5.69 Å². The van der Waals surface area contributed by atoms with Crippen molar-refractivity contribution in [3.8, 4) is 11.3 Å². The maximum absolute atomic E-state index is 12.3. The molecule has 106 valence electrons. The van der Waals surface area contributed by atoms with Gasteiger partial charge in [-0.1, -0.05) is 25.1 Å². The summed E-state index contributed by atoms with van der Waals surface area (Å²) in [5, 5.41) is 0.623. The van der Waals surface area contributed by atoms with Crippen LogP contribution in [0.25, 0.3) is 22.3 Å². The molecule has 0 saturated heterocycles. The second-order valence-corrected chi connectivity index (χ2v) is 5.23. The largest absolute Gasteiger partial charge is 0.456 e. The van der Waals surface area contributed by atoms with Crippen molar-refractivity contribution in [1.82, 2.24) is 0 Å². The minimum Gasteiger partial charge on any atom is -0.456 e. The molecular formula is C18H17NO2. The molecular weight excluding hydrogens is 262 g/mol. The van der Waals surface area contributed by atoms with Crippen LogP contribution in [0.3, 0.4) is 0 Å². The molecule has 0 aliphatic rings. The number of fused-ring (bicyclic) bond motifs is 1. The monoisotopic (exact) mass is 279 g/mol. The number of nitrogens with two attached hydrogens (primary N) is 1. The van der Waals surface area contributed by atoms with Crippen LogP contribution in [-0.2, 0) is 6.42 Å². The highest BCUT2D eigenvalue weighted by molar-refractivity contribution is 5.79. The lowest BCUT2D eigenvalue weighted by molar-refractivity contribution is 0.619. The van der Waals surface area contributed by atoms with E-state index >= 15 is 0 Å². The Balaban J connectivity index is 2.20. The van der Waals surface area contributed by atoms with E-state index in [1.807, 2.05) is 43.3 Å². The number of rotatable bonds is 2. The van der Waals surface area contributed by atoms with Crippen molar-refractivity contribution in [2.75, 3.05) is 5.73 Å². The lowest BCUT2D eigenvalue weighted by atomic mass is 10.1. The average Bonchev–Trinajstić information content (AvgIpc) is 2.49. The molecule has 3 aromatic rings. The van der Waals surface area contributed by atoms with E-state index in [9.17, 15) is 4.79 Å². The molecule has 3 rings (SSSR count). The van der Waals surface area contributed by atoms with Crippen molar-refractivity contribution in [2.24, 2.45) is 0 Å². The van der Waals surface area contributed by atoms with Crippen LogP contribution >= 0.6 is 0 Å². The number of hydrogen-bond acceptors (Lipinski definition) is 3. The SMILES string of the molecule is CCc1ccc2oc(-c3ccc(C)c(N)c3)cc(=O)c2c1. The molecule has 0 amide bonds. The number of benzene rings is 2. The van der Waals surface area contributed by atoms with Crippen LogP contribution in [0.1, 0.15) is 18.1 Å². The van der Waals surface area contributed by atoms with Crippen molar-refractivity contribution in [3.63, 3.8) is 0 Å². The van der Waals surface area contributed by atoms with Gasteiger partial charge >= 0.3 is 0 Å². The molecule has 3 heteroatoms. The van der Waals surface area contributed by atoms with E-state index in [0.29, 0.717) is 22.4 Å². The Morgan fingerprint density at radius 3 is 2.62 bits per heavy atom. The van der Waals surface area contributed by atoms with Crippen LogP contribution in [0.2, 0.25) is 0 Å². The minimum atomic E-state index is -0.0271. The Bertz CT molecular complexity index is 878. The van der Waals surface area contributed by atoms with E-state index in [-0.39, 0.29) is 5.43 Å². The first-order chi connectivity index (χ1) is 10.1. The number of anilines is 1. The quantitative estimate of drug-likeness (QED) is 0.723. The van der Waals surface area contributed by atoms with Crippen LogP contribution < -0.4 is 11.2 Å². The van der Waals surface area contributed by atoms with Gasteiger partial charge in [0.1, 0.15) is 11.3 Å². The number of hydrogen-bond donors (Lipinski definition) is 1. The molecule has 2 N–H and O–H groups in total. The zero-order valence-corrected chi connectivity index (χ0v) is 12.1. The van der Waals surface area contributed by atoms with Gasteiger partial charge in [0.2, 0.25) is 0 Å². The molecule has 21 heavy (non-hydrogen) atoms. The molecule has 0 bridgehead atoms. The highest BCUT2D eigenvalue weighted by Crippen LogP contribution is 2.25. The zero-order valence-electron chi connectivity index (χ0n) is 12.1. The summed E-state index contributed by atoms with van der Waals surface area (Å²) in [6, 6.07) is 12.9. The Kier molecular flexibility index (Phi) is 3.26. The topological polar surface area (TPSA) is 56.2 Å². The van der Waals surface area contributed by atoms with E-state index in [4.69, 9.17) is 10.2 Å². The fourth-order valence-corrected chi connectivity index (χ4v) is 2.36. The van der Waals surface area contributed by atoms with Crippen LogP contribution in [0.5, 0.6) is 0 Å². The second-order valence-electron chi connectivity index (χ2n) is 5.23. The summed E-state index contributed by atoms with van der Waals surface area (Å²) in [4.78, 5) is 12.3. The van der Waals surface area contributed by atoms with E-state index in [0.717, 1.165) is 23.1 Å². The van der Waals surface area contributed by atoms with Crippen molar-refractivity contribution < 1.29 is 4.42 Å². The van der Waals surface area contributed by atoms with Gasteiger partial charge in [-0.15, -0.1) is 0 Å². The average molecular weight is 279 g/mol. The van der Waals surface area contributed by atoms with Crippen LogP contribution in [0.15, 0.2) is 51.7 Å². The first kappa shape index (κ1) is 13.4. The van der Waals surface area contributed by atoms with Gasteiger partial charge in [0.15, 0.2) is 5.43 Å². The van der Waals surface area contributed by atoms with Crippen molar-refractivity contribution in [3.05, 3.63) is 63.8 Å². The molecule has 3 nitrogen and oxygen atoms in total. The van der Waals surface area contributed by atoms with Gasteiger partial charge in [-0.2, -0.15) is 0 Å². The maximum Gasteiger partial charge on any atom is 0.193 e. The summed E-state index contributed by atoms with van der Waals surface area (Å²) in [6.45, 7) is 4.01. The Morgan fingerprint density at radius 2 is 1.90 bits per heavy atom. The maximum atomic E-state index is 12.3. The summed E-state index contributed by atoms with van der Waals surface area (Å²) in [6.07, 6.45) is 0.894.